The maximum Gasteiger partial charge on any atom is 0.0462 e. The normalized spacial score (nSPS) is 10.9. The molecule has 2 heteroatoms. The van der Waals surface area contributed by atoms with Crippen LogP contribution in [0.5, 0.6) is 0 Å². The third-order valence-corrected chi connectivity index (χ3v) is 3.88. The molecule has 0 aliphatic carbocycles. The van der Waals surface area contributed by atoms with E-state index in [2.05, 4.69) is 16.8 Å². The number of ether oxygens (including phenoxy) is 1. The van der Waals surface area contributed by atoms with E-state index in [1.807, 2.05) is 11.3 Å². The van der Waals surface area contributed by atoms with Gasteiger partial charge in [-0.25, -0.2) is 0 Å². The van der Waals surface area contributed by atoms with E-state index < -0.39 is 0 Å². The summed E-state index contributed by atoms with van der Waals surface area (Å²) in [6.07, 6.45) is 12.2. The monoisotopic (exact) mass is 254 g/mol. The van der Waals surface area contributed by atoms with Crippen molar-refractivity contribution < 1.29 is 4.74 Å². The lowest BCUT2D eigenvalue weighted by Crippen LogP contribution is -1.88. The standard InChI is InChI=1S/C15H26OS/c1-16-12-9-7-5-3-2-4-6-8-10-15-11-13-17-14-15/h11,13-14H,2-10,12H2,1H3. The molecule has 0 bridgehead atoms. The molecular weight excluding hydrogens is 228 g/mol. The second-order valence-corrected chi connectivity index (χ2v) is 5.48. The van der Waals surface area contributed by atoms with Gasteiger partial charge < -0.3 is 4.74 Å². The Morgan fingerprint density at radius 2 is 1.59 bits per heavy atom. The molecule has 1 nitrogen and oxygen atoms in total. The fraction of sp³-hybridized carbons (Fsp3) is 0.733. The van der Waals surface area contributed by atoms with Gasteiger partial charge in [-0.1, -0.05) is 38.5 Å². The molecule has 17 heavy (non-hydrogen) atoms. The minimum atomic E-state index is 0.931. The molecule has 0 spiro atoms. The van der Waals surface area contributed by atoms with Crippen LogP contribution in [0.2, 0.25) is 0 Å². The van der Waals surface area contributed by atoms with Crippen LogP contribution in [0.3, 0.4) is 0 Å². The van der Waals surface area contributed by atoms with Gasteiger partial charge in [-0.15, -0.1) is 0 Å². The van der Waals surface area contributed by atoms with E-state index in [4.69, 9.17) is 4.74 Å². The first-order valence-corrected chi connectivity index (χ1v) is 7.88. The second kappa shape index (κ2) is 10.8. The van der Waals surface area contributed by atoms with Crippen LogP contribution in [0.4, 0.5) is 0 Å². The van der Waals surface area contributed by atoms with E-state index in [-0.39, 0.29) is 0 Å². The quantitative estimate of drug-likeness (QED) is 0.502. The fourth-order valence-electron chi connectivity index (χ4n) is 2.07. The molecule has 0 amide bonds. The van der Waals surface area contributed by atoms with Crippen LogP contribution >= 0.6 is 11.3 Å². The summed E-state index contributed by atoms with van der Waals surface area (Å²) >= 11 is 1.81. The van der Waals surface area contributed by atoms with Crippen LogP contribution in [-0.4, -0.2) is 13.7 Å². The van der Waals surface area contributed by atoms with Crippen molar-refractivity contribution >= 4 is 11.3 Å². The van der Waals surface area contributed by atoms with Crippen LogP contribution in [0.25, 0.3) is 0 Å². The molecule has 98 valence electrons. The highest BCUT2D eigenvalue weighted by Gasteiger charge is 1.94. The zero-order valence-corrected chi connectivity index (χ0v) is 11.9. The van der Waals surface area contributed by atoms with E-state index in [0.29, 0.717) is 0 Å². The predicted octanol–water partition coefficient (Wildman–Crippen LogP) is 5.06. The van der Waals surface area contributed by atoms with Crippen LogP contribution < -0.4 is 0 Å². The summed E-state index contributed by atoms with van der Waals surface area (Å²) < 4.78 is 5.04. The molecule has 0 aliphatic rings. The third kappa shape index (κ3) is 8.39. The highest BCUT2D eigenvalue weighted by atomic mass is 32.1. The first-order chi connectivity index (χ1) is 8.43. The van der Waals surface area contributed by atoms with Gasteiger partial charge in [-0.05, 0) is 41.7 Å². The predicted molar refractivity (Wildman–Crippen MR) is 76.8 cm³/mol. The Kier molecular flexibility index (Phi) is 9.34. The maximum absolute atomic E-state index is 5.04. The Balaban J connectivity index is 1.76. The van der Waals surface area contributed by atoms with E-state index in [9.17, 15) is 0 Å². The van der Waals surface area contributed by atoms with Crippen LogP contribution in [0.15, 0.2) is 16.8 Å². The van der Waals surface area contributed by atoms with Crippen molar-refractivity contribution in [2.45, 2.75) is 57.8 Å². The average Bonchev–Trinajstić information content (AvgIpc) is 2.85. The summed E-state index contributed by atoms with van der Waals surface area (Å²) in [6.45, 7) is 0.931. The average molecular weight is 254 g/mol. The molecule has 0 unspecified atom stereocenters. The minimum Gasteiger partial charge on any atom is -0.385 e. The number of thiophene rings is 1. The maximum atomic E-state index is 5.04. The Hall–Kier alpha value is -0.340. The first-order valence-electron chi connectivity index (χ1n) is 6.93. The first kappa shape index (κ1) is 14.7. The summed E-state index contributed by atoms with van der Waals surface area (Å²) in [5, 5.41) is 4.45. The fourth-order valence-corrected chi connectivity index (χ4v) is 2.77. The molecule has 0 aliphatic heterocycles. The summed E-state index contributed by atoms with van der Waals surface area (Å²) in [7, 11) is 1.79. The lowest BCUT2D eigenvalue weighted by molar-refractivity contribution is 0.192. The highest BCUT2D eigenvalue weighted by Crippen LogP contribution is 2.13. The summed E-state index contributed by atoms with van der Waals surface area (Å²) in [5.41, 5.74) is 1.52. The summed E-state index contributed by atoms with van der Waals surface area (Å²) in [6, 6.07) is 2.25. The molecule has 0 aromatic carbocycles. The molecule has 0 saturated carbocycles. The second-order valence-electron chi connectivity index (χ2n) is 4.70. The molecule has 0 saturated heterocycles. The SMILES string of the molecule is COCCCCCCCCCCc1ccsc1. The van der Waals surface area contributed by atoms with E-state index in [0.717, 1.165) is 6.61 Å². The molecule has 0 atom stereocenters. The zero-order valence-electron chi connectivity index (χ0n) is 11.1. The Bertz CT molecular complexity index is 243. The molecule has 0 radical (unpaired) electrons. The van der Waals surface area contributed by atoms with Gasteiger partial charge in [-0.3, -0.25) is 0 Å². The van der Waals surface area contributed by atoms with E-state index in [1.54, 1.807) is 7.11 Å². The molecule has 1 rings (SSSR count). The van der Waals surface area contributed by atoms with Gasteiger partial charge in [0.1, 0.15) is 0 Å². The highest BCUT2D eigenvalue weighted by molar-refractivity contribution is 7.07. The smallest absolute Gasteiger partial charge is 0.0462 e. The third-order valence-electron chi connectivity index (χ3n) is 3.14. The van der Waals surface area contributed by atoms with Gasteiger partial charge in [-0.2, -0.15) is 11.3 Å². The summed E-state index contributed by atoms with van der Waals surface area (Å²) in [5.74, 6) is 0. The number of rotatable bonds is 11. The number of hydrogen-bond donors (Lipinski definition) is 0. The largest absolute Gasteiger partial charge is 0.385 e. The van der Waals surface area contributed by atoms with Gasteiger partial charge >= 0.3 is 0 Å². The molecular formula is C15H26OS. The molecule has 1 aromatic rings. The minimum absolute atomic E-state index is 0.931. The number of aryl methyl sites for hydroxylation is 1. The van der Waals surface area contributed by atoms with Gasteiger partial charge in [0.2, 0.25) is 0 Å². The Morgan fingerprint density at radius 3 is 2.18 bits per heavy atom. The Labute approximate surface area is 110 Å². The van der Waals surface area contributed by atoms with E-state index in [1.165, 1.54) is 63.4 Å². The topological polar surface area (TPSA) is 9.23 Å². The van der Waals surface area contributed by atoms with Crippen molar-refractivity contribution in [2.24, 2.45) is 0 Å². The van der Waals surface area contributed by atoms with Crippen molar-refractivity contribution in [1.29, 1.82) is 0 Å². The van der Waals surface area contributed by atoms with Gasteiger partial charge in [0, 0.05) is 13.7 Å². The van der Waals surface area contributed by atoms with Gasteiger partial charge in [0.15, 0.2) is 0 Å². The van der Waals surface area contributed by atoms with Crippen molar-refractivity contribution in [1.82, 2.24) is 0 Å². The molecule has 0 fully saturated rings. The van der Waals surface area contributed by atoms with Gasteiger partial charge in [0.05, 0.1) is 0 Å². The molecule has 0 N–H and O–H groups in total. The van der Waals surface area contributed by atoms with Crippen molar-refractivity contribution in [3.63, 3.8) is 0 Å². The van der Waals surface area contributed by atoms with Gasteiger partial charge in [0.25, 0.3) is 0 Å². The number of unbranched alkanes of at least 4 members (excludes halogenated alkanes) is 7. The summed E-state index contributed by atoms with van der Waals surface area (Å²) in [4.78, 5) is 0. The number of hydrogen-bond acceptors (Lipinski definition) is 2. The van der Waals surface area contributed by atoms with E-state index >= 15 is 0 Å². The van der Waals surface area contributed by atoms with Crippen molar-refractivity contribution in [3.8, 4) is 0 Å². The zero-order chi connectivity index (χ0) is 12.2. The lowest BCUT2D eigenvalue weighted by atomic mass is 10.1. The van der Waals surface area contributed by atoms with Crippen LogP contribution in [0.1, 0.15) is 56.9 Å². The van der Waals surface area contributed by atoms with Crippen LogP contribution in [0, 0.1) is 0 Å². The molecule has 1 aromatic heterocycles. The molecule has 1 heterocycles. The number of methoxy groups -OCH3 is 1. The Morgan fingerprint density at radius 1 is 0.941 bits per heavy atom. The van der Waals surface area contributed by atoms with Crippen molar-refractivity contribution in [3.05, 3.63) is 22.4 Å². The van der Waals surface area contributed by atoms with Crippen molar-refractivity contribution in [2.75, 3.05) is 13.7 Å². The van der Waals surface area contributed by atoms with Crippen LogP contribution in [-0.2, 0) is 11.2 Å². The lowest BCUT2D eigenvalue weighted by Gasteiger charge is -2.02.